The van der Waals surface area contributed by atoms with Crippen molar-refractivity contribution in [3.63, 3.8) is 0 Å². The minimum absolute atomic E-state index is 0.713. The molecule has 0 aliphatic carbocycles. The number of hydrogen-bond donors (Lipinski definition) is 1. The van der Waals surface area contributed by atoms with Crippen LogP contribution in [0.2, 0.25) is 0 Å². The van der Waals surface area contributed by atoms with Gasteiger partial charge in [0.25, 0.3) is 0 Å². The molecule has 0 aliphatic heterocycles. The molecule has 1 aromatic carbocycles. The number of benzene rings is 1. The summed E-state index contributed by atoms with van der Waals surface area (Å²) in [7, 11) is 0. The topological polar surface area (TPSA) is 50.8 Å². The fourth-order valence-corrected chi connectivity index (χ4v) is 2.41. The molecule has 0 amide bonds. The smallest absolute Gasteiger partial charge is 0.178 e. The van der Waals surface area contributed by atoms with Gasteiger partial charge >= 0.3 is 0 Å². The Balaban J connectivity index is 1.89. The van der Waals surface area contributed by atoms with Crippen molar-refractivity contribution >= 4 is 27.1 Å². The number of pyridine rings is 1. The van der Waals surface area contributed by atoms with Gasteiger partial charge in [0.05, 0.1) is 12.1 Å². The Labute approximate surface area is 131 Å². The summed E-state index contributed by atoms with van der Waals surface area (Å²) in [6, 6.07) is 9.94. The van der Waals surface area contributed by atoms with Crippen molar-refractivity contribution in [2.75, 3.05) is 6.61 Å². The van der Waals surface area contributed by atoms with E-state index < -0.39 is 0 Å². The minimum atomic E-state index is 0.713. The molecule has 3 aromatic rings. The first kappa shape index (κ1) is 14.1. The van der Waals surface area contributed by atoms with Gasteiger partial charge in [-0.15, -0.1) is 0 Å². The van der Waals surface area contributed by atoms with Crippen LogP contribution in [0.25, 0.3) is 22.6 Å². The van der Waals surface area contributed by atoms with Gasteiger partial charge in [-0.25, -0.2) is 9.97 Å². The van der Waals surface area contributed by atoms with E-state index in [0.29, 0.717) is 5.65 Å². The van der Waals surface area contributed by atoms with Crippen LogP contribution < -0.4 is 4.74 Å². The number of hydrogen-bond acceptors (Lipinski definition) is 3. The summed E-state index contributed by atoms with van der Waals surface area (Å²) in [5.74, 6) is 1.67. The average Bonchev–Trinajstić information content (AvgIpc) is 2.91. The number of halogens is 1. The molecule has 0 radical (unpaired) electrons. The predicted octanol–water partition coefficient (Wildman–Crippen LogP) is 4.57. The summed E-state index contributed by atoms with van der Waals surface area (Å²) in [5, 5.41) is 0. The maximum Gasteiger partial charge on any atom is 0.178 e. The summed E-state index contributed by atoms with van der Waals surface area (Å²) in [6.07, 6.45) is 3.94. The van der Waals surface area contributed by atoms with E-state index in [0.717, 1.165) is 46.6 Å². The second-order valence-corrected chi connectivity index (χ2v) is 5.76. The first-order valence-electron chi connectivity index (χ1n) is 7.01. The van der Waals surface area contributed by atoms with E-state index in [2.05, 4.69) is 37.8 Å². The van der Waals surface area contributed by atoms with Crippen LogP contribution in [-0.2, 0) is 0 Å². The van der Waals surface area contributed by atoms with Crippen LogP contribution in [-0.4, -0.2) is 21.6 Å². The second kappa shape index (κ2) is 6.26. The zero-order chi connectivity index (χ0) is 14.7. The number of nitrogens with zero attached hydrogens (tertiary/aromatic N) is 2. The number of fused-ring (bicyclic) bond motifs is 1. The van der Waals surface area contributed by atoms with Crippen LogP contribution in [0.1, 0.15) is 19.8 Å². The molecule has 0 saturated heterocycles. The summed E-state index contributed by atoms with van der Waals surface area (Å²) in [5.41, 5.74) is 2.63. The van der Waals surface area contributed by atoms with Crippen LogP contribution >= 0.6 is 15.9 Å². The molecule has 0 saturated carbocycles. The van der Waals surface area contributed by atoms with E-state index in [9.17, 15) is 0 Å². The van der Waals surface area contributed by atoms with Gasteiger partial charge in [-0.05, 0) is 40.5 Å². The summed E-state index contributed by atoms with van der Waals surface area (Å²) < 4.78 is 6.67. The van der Waals surface area contributed by atoms with Crippen molar-refractivity contribution in [1.29, 1.82) is 0 Å². The van der Waals surface area contributed by atoms with Crippen LogP contribution in [0, 0.1) is 0 Å². The van der Waals surface area contributed by atoms with Crippen molar-refractivity contribution in [3.05, 3.63) is 41.0 Å². The van der Waals surface area contributed by atoms with E-state index in [1.165, 1.54) is 0 Å². The predicted molar refractivity (Wildman–Crippen MR) is 87.4 cm³/mol. The molecular weight excluding hydrogens is 330 g/mol. The molecule has 0 atom stereocenters. The molecule has 0 unspecified atom stereocenters. The van der Waals surface area contributed by atoms with Gasteiger partial charge in [-0.2, -0.15) is 0 Å². The third-order valence-corrected chi connectivity index (χ3v) is 3.61. The number of rotatable bonds is 5. The molecule has 108 valence electrons. The maximum atomic E-state index is 5.74. The summed E-state index contributed by atoms with van der Waals surface area (Å²) >= 11 is 3.41. The molecule has 0 spiro atoms. The SMILES string of the molecule is CCCCOc1cccc(-c2nc3ncc(Br)cc3[nH]2)c1. The van der Waals surface area contributed by atoms with Crippen LogP contribution in [0.3, 0.4) is 0 Å². The van der Waals surface area contributed by atoms with E-state index in [4.69, 9.17) is 4.74 Å². The van der Waals surface area contributed by atoms with Crippen molar-refractivity contribution in [2.24, 2.45) is 0 Å². The molecule has 5 heteroatoms. The molecule has 1 N–H and O–H groups in total. The highest BCUT2D eigenvalue weighted by Crippen LogP contribution is 2.24. The Hall–Kier alpha value is -1.88. The Morgan fingerprint density at radius 1 is 1.29 bits per heavy atom. The molecule has 2 heterocycles. The van der Waals surface area contributed by atoms with Gasteiger partial charge < -0.3 is 9.72 Å². The monoisotopic (exact) mass is 345 g/mol. The third-order valence-electron chi connectivity index (χ3n) is 3.18. The highest BCUT2D eigenvalue weighted by molar-refractivity contribution is 9.10. The second-order valence-electron chi connectivity index (χ2n) is 4.84. The molecule has 4 nitrogen and oxygen atoms in total. The molecule has 21 heavy (non-hydrogen) atoms. The largest absolute Gasteiger partial charge is 0.494 e. The van der Waals surface area contributed by atoms with E-state index in [1.807, 2.05) is 30.3 Å². The quantitative estimate of drug-likeness (QED) is 0.689. The van der Waals surface area contributed by atoms with Crippen LogP contribution in [0.4, 0.5) is 0 Å². The zero-order valence-electron chi connectivity index (χ0n) is 11.8. The highest BCUT2D eigenvalue weighted by atomic mass is 79.9. The number of nitrogens with one attached hydrogen (secondary N) is 1. The first-order valence-corrected chi connectivity index (χ1v) is 7.80. The number of aromatic nitrogens is 3. The van der Waals surface area contributed by atoms with Crippen molar-refractivity contribution in [3.8, 4) is 17.1 Å². The standard InChI is InChI=1S/C16H16BrN3O/c1-2-3-7-21-13-6-4-5-11(8-13)15-19-14-9-12(17)10-18-16(14)20-15/h4-6,8-10H,2-3,7H2,1H3,(H,18,19,20). The van der Waals surface area contributed by atoms with Gasteiger partial charge in [0, 0.05) is 16.2 Å². The molecule has 0 aliphatic rings. The van der Waals surface area contributed by atoms with Crippen LogP contribution in [0.15, 0.2) is 41.0 Å². The molecule has 0 fully saturated rings. The summed E-state index contributed by atoms with van der Waals surface area (Å²) in [4.78, 5) is 12.1. The van der Waals surface area contributed by atoms with Gasteiger partial charge in [-0.3, -0.25) is 0 Å². The van der Waals surface area contributed by atoms with E-state index in [1.54, 1.807) is 6.20 Å². The molecule has 3 rings (SSSR count). The number of unbranched alkanes of at least 4 members (excludes halogenated alkanes) is 1. The lowest BCUT2D eigenvalue weighted by molar-refractivity contribution is 0.309. The maximum absolute atomic E-state index is 5.74. The Morgan fingerprint density at radius 2 is 2.19 bits per heavy atom. The molecular formula is C16H16BrN3O. The van der Waals surface area contributed by atoms with Crippen LogP contribution in [0.5, 0.6) is 5.75 Å². The van der Waals surface area contributed by atoms with E-state index >= 15 is 0 Å². The fourth-order valence-electron chi connectivity index (χ4n) is 2.08. The van der Waals surface area contributed by atoms with Crippen molar-refractivity contribution < 1.29 is 4.74 Å². The third kappa shape index (κ3) is 3.24. The number of ether oxygens (including phenoxy) is 1. The lowest BCUT2D eigenvalue weighted by Crippen LogP contribution is -1.96. The first-order chi connectivity index (χ1) is 10.3. The fraction of sp³-hybridized carbons (Fsp3) is 0.250. The van der Waals surface area contributed by atoms with Crippen molar-refractivity contribution in [1.82, 2.24) is 15.0 Å². The van der Waals surface area contributed by atoms with Gasteiger partial charge in [0.1, 0.15) is 11.6 Å². The number of H-pyrrole nitrogens is 1. The normalized spacial score (nSPS) is 11.0. The van der Waals surface area contributed by atoms with Gasteiger partial charge in [0.15, 0.2) is 5.65 Å². The Morgan fingerprint density at radius 3 is 3.05 bits per heavy atom. The minimum Gasteiger partial charge on any atom is -0.494 e. The lowest BCUT2D eigenvalue weighted by atomic mass is 10.2. The highest BCUT2D eigenvalue weighted by Gasteiger charge is 2.07. The number of imidazole rings is 1. The Bertz CT molecular complexity index is 754. The average molecular weight is 346 g/mol. The van der Waals surface area contributed by atoms with Gasteiger partial charge in [-0.1, -0.05) is 25.5 Å². The zero-order valence-corrected chi connectivity index (χ0v) is 13.4. The molecule has 0 bridgehead atoms. The van der Waals surface area contributed by atoms with E-state index in [-0.39, 0.29) is 0 Å². The lowest BCUT2D eigenvalue weighted by Gasteiger charge is -2.06. The Kier molecular flexibility index (Phi) is 4.20. The van der Waals surface area contributed by atoms with Crippen molar-refractivity contribution in [2.45, 2.75) is 19.8 Å². The van der Waals surface area contributed by atoms with Gasteiger partial charge in [0.2, 0.25) is 0 Å². The molecule has 2 aromatic heterocycles. The number of aromatic amines is 1. The summed E-state index contributed by atoms with van der Waals surface area (Å²) in [6.45, 7) is 2.90.